The van der Waals surface area contributed by atoms with E-state index < -0.39 is 0 Å². The number of aromatic nitrogens is 3. The summed E-state index contributed by atoms with van der Waals surface area (Å²) >= 11 is 0. The van der Waals surface area contributed by atoms with Gasteiger partial charge in [0.1, 0.15) is 0 Å². The Morgan fingerprint density at radius 3 is 1.06 bits per heavy atom. The van der Waals surface area contributed by atoms with Crippen LogP contribution in [-0.4, -0.2) is 121 Å². The summed E-state index contributed by atoms with van der Waals surface area (Å²) in [7, 11) is 0. The molecule has 0 radical (unpaired) electrons. The molecule has 1 aromatic heterocycles. The zero-order chi connectivity index (χ0) is 56.6. The van der Waals surface area contributed by atoms with E-state index in [1.54, 1.807) is 0 Å². The van der Waals surface area contributed by atoms with Crippen LogP contribution in [0.1, 0.15) is 296 Å². The Hall–Kier alpha value is -1.87. The normalized spacial score (nSPS) is 20.9. The summed E-state index contributed by atoms with van der Waals surface area (Å²) in [6.45, 7) is 39.5. The summed E-state index contributed by atoms with van der Waals surface area (Å²) in [5.41, 5.74) is -0.498. The molecule has 3 aliphatic heterocycles. The van der Waals surface area contributed by atoms with Crippen molar-refractivity contribution in [2.45, 2.75) is 336 Å². The van der Waals surface area contributed by atoms with Crippen molar-refractivity contribution in [1.82, 2.24) is 30.1 Å². The Labute approximate surface area is 474 Å². The average Bonchev–Trinajstić information content (AvgIpc) is 3.33. The molecule has 3 aliphatic rings. The van der Waals surface area contributed by atoms with Gasteiger partial charge in [-0.05, 0) is 166 Å². The number of hydroxylamine groups is 6. The van der Waals surface area contributed by atoms with Gasteiger partial charge in [0.2, 0.25) is 17.8 Å². The molecule has 3 saturated heterocycles. The summed E-state index contributed by atoms with van der Waals surface area (Å²) < 4.78 is 0. The second kappa shape index (κ2) is 33.3. The van der Waals surface area contributed by atoms with E-state index in [-0.39, 0.29) is 45.9 Å². The van der Waals surface area contributed by atoms with Gasteiger partial charge in [0.15, 0.2) is 0 Å². The lowest BCUT2D eigenvalue weighted by Gasteiger charge is -2.55. The van der Waals surface area contributed by atoms with Crippen molar-refractivity contribution < 1.29 is 19.6 Å². The molecular weight excluding hydrogens is 959 g/mol. The summed E-state index contributed by atoms with van der Waals surface area (Å²) in [6.07, 6.45) is 35.9. The molecule has 0 aliphatic carbocycles. The fourth-order valence-electron chi connectivity index (χ4n) is 14.7. The van der Waals surface area contributed by atoms with Gasteiger partial charge >= 0.3 is 0 Å². The molecule has 0 amide bonds. The maximum atomic E-state index is 10.6. The molecule has 4 rings (SSSR count). The Morgan fingerprint density at radius 1 is 0.429 bits per heavy atom. The van der Waals surface area contributed by atoms with Gasteiger partial charge in [-0.15, -0.1) is 0 Å². The molecule has 77 heavy (non-hydrogen) atoms. The van der Waals surface area contributed by atoms with Crippen LogP contribution in [0, 0.1) is 11.8 Å². The number of unbranched alkanes of at least 4 members (excludes halogenated alkanes) is 17. The molecule has 0 aromatic carbocycles. The van der Waals surface area contributed by atoms with Gasteiger partial charge in [0, 0.05) is 58.9 Å². The van der Waals surface area contributed by atoms with E-state index in [4.69, 9.17) is 29.5 Å². The van der Waals surface area contributed by atoms with Crippen molar-refractivity contribution in [3.63, 3.8) is 0 Å². The van der Waals surface area contributed by atoms with Crippen LogP contribution in [0.3, 0.4) is 0 Å². The number of rotatable bonds is 40. The zero-order valence-electron chi connectivity index (χ0n) is 53.2. The summed E-state index contributed by atoms with van der Waals surface area (Å²) in [4.78, 5) is 37.4. The Kier molecular flexibility index (Phi) is 29.2. The Morgan fingerprint density at radius 2 is 0.740 bits per heavy atom. The number of anilines is 3. The third kappa shape index (κ3) is 22.8. The number of nitrogens with zero attached hydrogens (tertiary/aromatic N) is 7. The Balaban J connectivity index is 1.40. The highest BCUT2D eigenvalue weighted by molar-refractivity contribution is 5.45. The molecule has 0 atom stereocenters. The van der Waals surface area contributed by atoms with E-state index >= 15 is 0 Å². The maximum Gasteiger partial charge on any atom is 0.232 e. The number of hydrogen-bond donors (Lipinski definition) is 3. The third-order valence-electron chi connectivity index (χ3n) is 17.4. The summed E-state index contributed by atoms with van der Waals surface area (Å²) in [6, 6.07) is 0.103. The topological polar surface area (TPSA) is 124 Å². The first-order chi connectivity index (χ1) is 36.5. The molecule has 0 spiro atoms. The van der Waals surface area contributed by atoms with E-state index in [1.165, 1.54) is 109 Å². The molecule has 450 valence electrons. The first kappa shape index (κ1) is 67.6. The van der Waals surface area contributed by atoms with Crippen molar-refractivity contribution in [2.75, 3.05) is 61.6 Å². The van der Waals surface area contributed by atoms with E-state index in [9.17, 15) is 5.11 Å². The minimum atomic E-state index is -0.235. The first-order valence-corrected chi connectivity index (χ1v) is 32.4. The van der Waals surface area contributed by atoms with Crippen LogP contribution in [0.4, 0.5) is 17.8 Å². The van der Waals surface area contributed by atoms with Crippen molar-refractivity contribution in [3.8, 4) is 0 Å². The standard InChI is InChI=1S/C64H125N9O4/c1-16-19-22-25-28-35-44-75-71-59(4,5)47-53(48-60(71,6)7)38-31-33-40-65-56-67-57(66-41-34-32-39-54-49-61(8,9)72(62(10,11)50-54)76-45-36-29-26-23-20-17-2)69-58(68-56)70(42-43-74)55-51-63(12,13)73(64(14,15)52-55)77-46-37-30-27-24-21-18-3/h53-55,74H,16-52H2,1-15H3,(H2,65,66,67,68,69). The summed E-state index contributed by atoms with van der Waals surface area (Å²) in [5, 5.41) is 24.9. The molecule has 0 bridgehead atoms. The lowest BCUT2D eigenvalue weighted by molar-refractivity contribution is -0.288. The molecule has 3 N–H and O–H groups in total. The highest BCUT2D eigenvalue weighted by Gasteiger charge is 2.50. The van der Waals surface area contributed by atoms with Crippen LogP contribution in [0.15, 0.2) is 0 Å². The average molecular weight is 1080 g/mol. The monoisotopic (exact) mass is 1080 g/mol. The SMILES string of the molecule is CCCCCCCCON1C(C)(C)CC(CCCCNc2nc(NCCCCC3CC(C)(C)N(OCCCCCCCC)C(C)(C)C3)nc(N(CCO)C3CC(C)(C)N(OCCCCCCCC)C(C)(C)C3)n2)CC1(C)C. The van der Waals surface area contributed by atoms with Gasteiger partial charge in [-0.3, -0.25) is 14.5 Å². The molecule has 13 nitrogen and oxygen atoms in total. The van der Waals surface area contributed by atoms with E-state index in [0.29, 0.717) is 36.2 Å². The minimum Gasteiger partial charge on any atom is -0.395 e. The number of aliphatic hydroxyl groups is 1. The Bertz CT molecular complexity index is 1600. The summed E-state index contributed by atoms with van der Waals surface area (Å²) in [5.74, 6) is 3.14. The number of nitrogens with one attached hydrogen (secondary N) is 2. The smallest absolute Gasteiger partial charge is 0.232 e. The van der Waals surface area contributed by atoms with Crippen LogP contribution in [-0.2, 0) is 14.5 Å². The molecule has 0 unspecified atom stereocenters. The van der Waals surface area contributed by atoms with Crippen LogP contribution in [0.25, 0.3) is 0 Å². The van der Waals surface area contributed by atoms with Crippen molar-refractivity contribution in [3.05, 3.63) is 0 Å². The first-order valence-electron chi connectivity index (χ1n) is 32.4. The molecule has 1 aromatic rings. The van der Waals surface area contributed by atoms with Gasteiger partial charge in [0.05, 0.1) is 26.4 Å². The van der Waals surface area contributed by atoms with Crippen LogP contribution >= 0.6 is 0 Å². The lowest BCUT2D eigenvalue weighted by Crippen LogP contribution is -2.64. The molecule has 13 heteroatoms. The predicted octanol–water partition coefficient (Wildman–Crippen LogP) is 16.3. The van der Waals surface area contributed by atoms with Gasteiger partial charge < -0.3 is 20.6 Å². The van der Waals surface area contributed by atoms with Crippen molar-refractivity contribution in [2.24, 2.45) is 11.8 Å². The van der Waals surface area contributed by atoms with Crippen LogP contribution in [0.2, 0.25) is 0 Å². The third-order valence-corrected chi connectivity index (χ3v) is 17.4. The van der Waals surface area contributed by atoms with E-state index in [2.05, 4.69) is 135 Å². The largest absolute Gasteiger partial charge is 0.395 e. The van der Waals surface area contributed by atoms with Crippen LogP contribution < -0.4 is 15.5 Å². The fraction of sp³-hybridized carbons (Fsp3) is 0.953. The van der Waals surface area contributed by atoms with Gasteiger partial charge in [-0.2, -0.15) is 30.1 Å². The highest BCUT2D eigenvalue weighted by atomic mass is 16.7. The highest BCUT2D eigenvalue weighted by Crippen LogP contribution is 2.46. The van der Waals surface area contributed by atoms with E-state index in [0.717, 1.165) is 116 Å². The van der Waals surface area contributed by atoms with Crippen molar-refractivity contribution >= 4 is 17.8 Å². The van der Waals surface area contributed by atoms with Gasteiger partial charge in [-0.1, -0.05) is 143 Å². The number of aliphatic hydroxyl groups excluding tert-OH is 1. The molecule has 3 fully saturated rings. The van der Waals surface area contributed by atoms with Crippen LogP contribution in [0.5, 0.6) is 0 Å². The van der Waals surface area contributed by atoms with E-state index in [1.807, 2.05) is 0 Å². The second-order valence-electron chi connectivity index (χ2n) is 28.2. The zero-order valence-corrected chi connectivity index (χ0v) is 53.2. The molecular formula is C64H125N9O4. The maximum absolute atomic E-state index is 10.6. The molecule has 0 saturated carbocycles. The van der Waals surface area contributed by atoms with Crippen molar-refractivity contribution in [1.29, 1.82) is 0 Å². The number of hydrogen-bond acceptors (Lipinski definition) is 13. The predicted molar refractivity (Wildman–Crippen MR) is 325 cm³/mol. The lowest BCUT2D eigenvalue weighted by atomic mass is 9.73. The van der Waals surface area contributed by atoms with Gasteiger partial charge in [-0.25, -0.2) is 0 Å². The minimum absolute atomic E-state index is 0.00679. The fourth-order valence-corrected chi connectivity index (χ4v) is 14.7. The number of piperidine rings is 3. The second-order valence-corrected chi connectivity index (χ2v) is 28.2. The van der Waals surface area contributed by atoms with Gasteiger partial charge in [0.25, 0.3) is 0 Å². The quantitative estimate of drug-likeness (QED) is 0.0541. The molecule has 4 heterocycles.